The molecule has 0 heterocycles. The maximum absolute atomic E-state index is 5.83. The van der Waals surface area contributed by atoms with Gasteiger partial charge in [-0.15, -0.1) is 11.6 Å². The van der Waals surface area contributed by atoms with Gasteiger partial charge in [-0.3, -0.25) is 0 Å². The molecule has 0 fully saturated rings. The fourth-order valence-electron chi connectivity index (χ4n) is 0.801. The summed E-state index contributed by atoms with van der Waals surface area (Å²) in [5, 5.41) is 0. The van der Waals surface area contributed by atoms with Crippen molar-refractivity contribution < 1.29 is 4.74 Å². The quantitative estimate of drug-likeness (QED) is 0.449. The molecule has 0 spiro atoms. The Hall–Kier alpha value is 0.250. The zero-order chi connectivity index (χ0) is 8.74. The molecule has 0 bridgehead atoms. The van der Waals surface area contributed by atoms with Crippen LogP contribution in [0.3, 0.4) is 0 Å². The molecule has 0 aromatic rings. The van der Waals surface area contributed by atoms with Crippen LogP contribution in [0.5, 0.6) is 0 Å². The van der Waals surface area contributed by atoms with E-state index < -0.39 is 0 Å². The molecule has 1 nitrogen and oxygen atoms in total. The highest BCUT2D eigenvalue weighted by Crippen LogP contribution is 2.26. The first-order valence-electron chi connectivity index (χ1n) is 4.32. The summed E-state index contributed by atoms with van der Waals surface area (Å²) in [5.74, 6) is 0.733. The predicted octanol–water partition coefficient (Wildman–Crippen LogP) is 3.07. The highest BCUT2D eigenvalue weighted by molar-refractivity contribution is 6.18. The smallest absolute Gasteiger partial charge is 0.0471 e. The van der Waals surface area contributed by atoms with Gasteiger partial charge in [-0.1, -0.05) is 13.8 Å². The number of hydrogen-bond acceptors (Lipinski definition) is 1. The Labute approximate surface area is 75.1 Å². The maximum Gasteiger partial charge on any atom is 0.0471 e. The molecular formula is C9H19ClO. The normalized spacial score (nSPS) is 16.4. The van der Waals surface area contributed by atoms with Gasteiger partial charge in [-0.05, 0) is 25.2 Å². The standard InChI is InChI=1S/C9H19ClO/c1-4-9(3,8-10)6-7-11-5-2/h4-8H2,1-3H3. The molecule has 0 N–H and O–H groups in total. The number of alkyl halides is 1. The van der Waals surface area contributed by atoms with Crippen LogP contribution >= 0.6 is 11.6 Å². The van der Waals surface area contributed by atoms with E-state index in [2.05, 4.69) is 13.8 Å². The minimum Gasteiger partial charge on any atom is -0.382 e. The summed E-state index contributed by atoms with van der Waals surface area (Å²) in [6.45, 7) is 8.05. The molecule has 0 aliphatic heterocycles. The van der Waals surface area contributed by atoms with E-state index in [0.29, 0.717) is 0 Å². The number of hydrogen-bond donors (Lipinski definition) is 0. The van der Waals surface area contributed by atoms with Crippen molar-refractivity contribution in [2.24, 2.45) is 5.41 Å². The first-order valence-corrected chi connectivity index (χ1v) is 4.85. The van der Waals surface area contributed by atoms with Crippen molar-refractivity contribution >= 4 is 11.6 Å². The average Bonchev–Trinajstić information content (AvgIpc) is 2.05. The van der Waals surface area contributed by atoms with E-state index in [1.54, 1.807) is 0 Å². The molecule has 0 aromatic carbocycles. The van der Waals surface area contributed by atoms with Gasteiger partial charge in [0, 0.05) is 19.1 Å². The molecule has 0 saturated heterocycles. The van der Waals surface area contributed by atoms with Crippen molar-refractivity contribution in [3.63, 3.8) is 0 Å². The highest BCUT2D eigenvalue weighted by atomic mass is 35.5. The van der Waals surface area contributed by atoms with Gasteiger partial charge in [0.25, 0.3) is 0 Å². The lowest BCUT2D eigenvalue weighted by atomic mass is 9.87. The highest BCUT2D eigenvalue weighted by Gasteiger charge is 2.19. The Morgan fingerprint density at radius 3 is 2.36 bits per heavy atom. The zero-order valence-corrected chi connectivity index (χ0v) is 8.58. The third kappa shape index (κ3) is 4.65. The summed E-state index contributed by atoms with van der Waals surface area (Å²) < 4.78 is 5.27. The molecule has 0 radical (unpaired) electrons. The minimum atomic E-state index is 0.275. The zero-order valence-electron chi connectivity index (χ0n) is 7.82. The molecule has 0 aromatic heterocycles. The molecule has 0 rings (SSSR count). The Balaban J connectivity index is 3.51. The van der Waals surface area contributed by atoms with Gasteiger partial charge in [0.15, 0.2) is 0 Å². The van der Waals surface area contributed by atoms with E-state index in [1.807, 2.05) is 6.92 Å². The van der Waals surface area contributed by atoms with Crippen LogP contribution in [-0.4, -0.2) is 19.1 Å². The lowest BCUT2D eigenvalue weighted by molar-refractivity contribution is 0.114. The molecule has 11 heavy (non-hydrogen) atoms. The molecule has 2 heteroatoms. The number of ether oxygens (including phenoxy) is 1. The summed E-state index contributed by atoms with van der Waals surface area (Å²) in [4.78, 5) is 0. The first kappa shape index (κ1) is 11.2. The maximum atomic E-state index is 5.83. The minimum absolute atomic E-state index is 0.275. The lowest BCUT2D eigenvalue weighted by Gasteiger charge is -2.24. The van der Waals surface area contributed by atoms with E-state index in [1.165, 1.54) is 0 Å². The van der Waals surface area contributed by atoms with Crippen LogP contribution in [0.25, 0.3) is 0 Å². The molecule has 0 amide bonds. The third-order valence-corrected chi connectivity index (χ3v) is 2.88. The van der Waals surface area contributed by atoms with Crippen molar-refractivity contribution in [1.29, 1.82) is 0 Å². The Kier molecular flexibility index (Phi) is 5.98. The second-order valence-corrected chi connectivity index (χ2v) is 3.51. The first-order chi connectivity index (χ1) is 5.18. The topological polar surface area (TPSA) is 9.23 Å². The van der Waals surface area contributed by atoms with Crippen molar-refractivity contribution in [1.82, 2.24) is 0 Å². The van der Waals surface area contributed by atoms with Gasteiger partial charge in [0.1, 0.15) is 0 Å². The van der Waals surface area contributed by atoms with E-state index in [0.717, 1.165) is 31.9 Å². The summed E-state index contributed by atoms with van der Waals surface area (Å²) in [5.41, 5.74) is 0.275. The van der Waals surface area contributed by atoms with Gasteiger partial charge in [0.2, 0.25) is 0 Å². The summed E-state index contributed by atoms with van der Waals surface area (Å²) in [6.07, 6.45) is 2.20. The van der Waals surface area contributed by atoms with Crippen LogP contribution in [0.4, 0.5) is 0 Å². The van der Waals surface area contributed by atoms with Gasteiger partial charge < -0.3 is 4.74 Å². The fraction of sp³-hybridized carbons (Fsp3) is 1.00. The van der Waals surface area contributed by atoms with E-state index >= 15 is 0 Å². The second-order valence-electron chi connectivity index (χ2n) is 3.24. The molecule has 68 valence electrons. The van der Waals surface area contributed by atoms with Crippen LogP contribution in [0.15, 0.2) is 0 Å². The average molecular weight is 179 g/mol. The molecule has 0 aliphatic carbocycles. The van der Waals surface area contributed by atoms with E-state index in [-0.39, 0.29) is 5.41 Å². The fourth-order valence-corrected chi connectivity index (χ4v) is 1.12. The van der Waals surface area contributed by atoms with Crippen LogP contribution in [0, 0.1) is 5.41 Å². The monoisotopic (exact) mass is 178 g/mol. The SMILES string of the molecule is CCOCCC(C)(CC)CCl. The van der Waals surface area contributed by atoms with E-state index in [4.69, 9.17) is 16.3 Å². The van der Waals surface area contributed by atoms with Gasteiger partial charge in [-0.2, -0.15) is 0 Å². The predicted molar refractivity (Wildman–Crippen MR) is 50.2 cm³/mol. The van der Waals surface area contributed by atoms with Crippen LogP contribution in [0.2, 0.25) is 0 Å². The van der Waals surface area contributed by atoms with Gasteiger partial charge in [0.05, 0.1) is 0 Å². The van der Waals surface area contributed by atoms with Crippen LogP contribution < -0.4 is 0 Å². The third-order valence-electron chi connectivity index (χ3n) is 2.23. The molecular weight excluding hydrogens is 160 g/mol. The van der Waals surface area contributed by atoms with Gasteiger partial charge >= 0.3 is 0 Å². The lowest BCUT2D eigenvalue weighted by Crippen LogP contribution is -2.19. The second kappa shape index (κ2) is 5.84. The van der Waals surface area contributed by atoms with Gasteiger partial charge in [-0.25, -0.2) is 0 Å². The number of rotatable bonds is 6. The molecule has 1 atom stereocenters. The molecule has 0 saturated carbocycles. The summed E-state index contributed by atoms with van der Waals surface area (Å²) >= 11 is 5.83. The van der Waals surface area contributed by atoms with Crippen LogP contribution in [-0.2, 0) is 4.74 Å². The summed E-state index contributed by atoms with van der Waals surface area (Å²) in [7, 11) is 0. The Morgan fingerprint density at radius 1 is 1.36 bits per heavy atom. The van der Waals surface area contributed by atoms with Crippen molar-refractivity contribution in [3.8, 4) is 0 Å². The van der Waals surface area contributed by atoms with Crippen LogP contribution in [0.1, 0.15) is 33.6 Å². The molecule has 1 unspecified atom stereocenters. The van der Waals surface area contributed by atoms with Crippen molar-refractivity contribution in [3.05, 3.63) is 0 Å². The Morgan fingerprint density at radius 2 is 2.00 bits per heavy atom. The molecule has 0 aliphatic rings. The summed E-state index contributed by atoms with van der Waals surface area (Å²) in [6, 6.07) is 0. The number of halogens is 1. The van der Waals surface area contributed by atoms with E-state index in [9.17, 15) is 0 Å². The largest absolute Gasteiger partial charge is 0.382 e. The van der Waals surface area contributed by atoms with Crippen molar-refractivity contribution in [2.45, 2.75) is 33.6 Å². The Bertz CT molecular complexity index is 89.6. The van der Waals surface area contributed by atoms with Crippen molar-refractivity contribution in [2.75, 3.05) is 19.1 Å².